The van der Waals surface area contributed by atoms with Gasteiger partial charge in [-0.1, -0.05) is 23.7 Å². The van der Waals surface area contributed by atoms with Gasteiger partial charge in [-0.15, -0.1) is 22.7 Å². The van der Waals surface area contributed by atoms with E-state index in [0.29, 0.717) is 27.3 Å². The monoisotopic (exact) mass is 508 g/mol. The van der Waals surface area contributed by atoms with Gasteiger partial charge in [-0.2, -0.15) is 4.31 Å². The quantitative estimate of drug-likeness (QED) is 0.583. The van der Waals surface area contributed by atoms with E-state index in [1.807, 2.05) is 6.07 Å². The number of carbonyl (C=O) groups is 1. The van der Waals surface area contributed by atoms with E-state index in [9.17, 15) is 13.2 Å². The molecule has 2 aliphatic heterocycles. The van der Waals surface area contributed by atoms with Gasteiger partial charge in [0.2, 0.25) is 0 Å². The van der Waals surface area contributed by atoms with Crippen molar-refractivity contribution in [2.45, 2.75) is 10.6 Å². The van der Waals surface area contributed by atoms with E-state index in [0.717, 1.165) is 34.5 Å². The summed E-state index contributed by atoms with van der Waals surface area (Å²) in [4.78, 5) is 20.0. The maximum atomic E-state index is 13.1. The Kier molecular flexibility index (Phi) is 6.08. The molecule has 3 aromatic rings. The van der Waals surface area contributed by atoms with Crippen LogP contribution in [0.2, 0.25) is 5.02 Å². The number of benzene rings is 1. The molecule has 0 spiro atoms. The number of nitrogens with one attached hydrogen (secondary N) is 1. The average Bonchev–Trinajstić information content (AvgIpc) is 3.47. The predicted octanol–water partition coefficient (Wildman–Crippen LogP) is 3.53. The minimum atomic E-state index is -3.62. The summed E-state index contributed by atoms with van der Waals surface area (Å²) in [5, 5.41) is 5.17. The molecule has 0 bridgehead atoms. The molecule has 0 aliphatic carbocycles. The van der Waals surface area contributed by atoms with E-state index < -0.39 is 10.0 Å². The highest BCUT2D eigenvalue weighted by Crippen LogP contribution is 2.33. The van der Waals surface area contributed by atoms with Gasteiger partial charge in [0.1, 0.15) is 4.21 Å². The van der Waals surface area contributed by atoms with E-state index in [2.05, 4.69) is 16.4 Å². The van der Waals surface area contributed by atoms with Crippen molar-refractivity contribution in [3.05, 3.63) is 51.4 Å². The Balaban J connectivity index is 1.26. The van der Waals surface area contributed by atoms with Gasteiger partial charge in [-0.05, 0) is 42.1 Å². The summed E-state index contributed by atoms with van der Waals surface area (Å²) >= 11 is 8.66. The molecule has 1 N–H and O–H groups in total. The van der Waals surface area contributed by atoms with Crippen molar-refractivity contribution in [1.82, 2.24) is 19.5 Å². The Bertz CT molecular complexity index is 1310. The van der Waals surface area contributed by atoms with Crippen LogP contribution in [0, 0.1) is 0 Å². The Hall–Kier alpha value is -1.82. The summed E-state index contributed by atoms with van der Waals surface area (Å²) in [6.45, 7) is 2.97. The van der Waals surface area contributed by atoms with E-state index in [1.54, 1.807) is 29.3 Å². The third kappa shape index (κ3) is 4.23. The number of piperazine rings is 1. The van der Waals surface area contributed by atoms with Gasteiger partial charge < -0.3 is 10.2 Å². The number of thiazole rings is 1. The van der Waals surface area contributed by atoms with Crippen molar-refractivity contribution < 1.29 is 13.2 Å². The Labute approximate surface area is 199 Å². The van der Waals surface area contributed by atoms with Crippen LogP contribution in [-0.2, 0) is 10.0 Å². The Morgan fingerprint density at radius 3 is 2.69 bits per heavy atom. The number of amides is 1. The highest BCUT2D eigenvalue weighted by atomic mass is 35.5. The summed E-state index contributed by atoms with van der Waals surface area (Å²) in [6.07, 6.45) is 4.83. The van der Waals surface area contributed by atoms with E-state index in [-0.39, 0.29) is 19.0 Å². The molecule has 11 heteroatoms. The number of sulfonamides is 1. The summed E-state index contributed by atoms with van der Waals surface area (Å²) in [5.74, 6) is -0.135. The molecular formula is C21H21ClN4O3S3. The van der Waals surface area contributed by atoms with Crippen molar-refractivity contribution in [3.63, 3.8) is 0 Å². The first-order chi connectivity index (χ1) is 15.4. The highest BCUT2D eigenvalue weighted by molar-refractivity contribution is 7.91. The molecule has 7 nitrogen and oxygen atoms in total. The second-order valence-corrected chi connectivity index (χ2v) is 12.4. The topological polar surface area (TPSA) is 82.6 Å². The van der Waals surface area contributed by atoms with Crippen LogP contribution in [0.5, 0.6) is 0 Å². The maximum absolute atomic E-state index is 13.1. The highest BCUT2D eigenvalue weighted by Gasteiger charge is 2.32. The third-order valence-electron chi connectivity index (χ3n) is 5.65. The minimum absolute atomic E-state index is 0.135. The molecule has 1 aromatic carbocycles. The van der Waals surface area contributed by atoms with Gasteiger partial charge in [0, 0.05) is 48.6 Å². The van der Waals surface area contributed by atoms with Crippen LogP contribution in [0.15, 0.2) is 40.7 Å². The molecule has 1 amide bonds. The van der Waals surface area contributed by atoms with E-state index in [1.165, 1.54) is 32.6 Å². The molecule has 0 atom stereocenters. The number of carbonyl (C=O) groups excluding carboxylic acids is 1. The normalized spacial score (nSPS) is 18.2. The molecule has 32 heavy (non-hydrogen) atoms. The van der Waals surface area contributed by atoms with Crippen LogP contribution in [0.25, 0.3) is 15.7 Å². The number of hydrogen-bond donors (Lipinski definition) is 1. The van der Waals surface area contributed by atoms with E-state index in [4.69, 9.17) is 11.6 Å². The first-order valence-corrected chi connectivity index (χ1v) is 13.7. The largest absolute Gasteiger partial charge is 0.334 e. The number of hydrogen-bond acceptors (Lipinski definition) is 7. The molecule has 0 unspecified atom stereocenters. The number of halogens is 1. The molecule has 2 aromatic heterocycles. The van der Waals surface area contributed by atoms with E-state index >= 15 is 0 Å². The second-order valence-electron chi connectivity index (χ2n) is 7.66. The fourth-order valence-electron chi connectivity index (χ4n) is 3.87. The van der Waals surface area contributed by atoms with Crippen molar-refractivity contribution in [2.75, 3.05) is 39.3 Å². The molecule has 4 heterocycles. The molecule has 2 aliphatic rings. The molecule has 0 saturated carbocycles. The SMILES string of the molecule is O=C(c1ncc(C2=CCNCC2)s1)N1CCN(S(=O)(=O)c2cc3ccc(Cl)cc3s2)CC1. The van der Waals surface area contributed by atoms with Gasteiger partial charge in [-0.25, -0.2) is 13.4 Å². The number of rotatable bonds is 4. The van der Waals surface area contributed by atoms with Gasteiger partial charge in [0.25, 0.3) is 15.9 Å². The average molecular weight is 509 g/mol. The van der Waals surface area contributed by atoms with Crippen molar-refractivity contribution in [3.8, 4) is 0 Å². The first kappa shape index (κ1) is 22.0. The lowest BCUT2D eigenvalue weighted by atomic mass is 10.1. The number of aromatic nitrogens is 1. The zero-order chi connectivity index (χ0) is 22.3. The zero-order valence-corrected chi connectivity index (χ0v) is 20.3. The molecule has 0 radical (unpaired) electrons. The number of thiophene rings is 1. The third-order valence-corrected chi connectivity index (χ3v) is 10.4. The fraction of sp³-hybridized carbons (Fsp3) is 0.333. The van der Waals surface area contributed by atoms with Crippen LogP contribution in [0.4, 0.5) is 0 Å². The molecule has 168 valence electrons. The molecule has 1 saturated heterocycles. The summed E-state index contributed by atoms with van der Waals surface area (Å²) in [5.41, 5.74) is 1.22. The van der Waals surface area contributed by atoms with Crippen LogP contribution >= 0.6 is 34.3 Å². The van der Waals surface area contributed by atoms with Gasteiger partial charge in [0.15, 0.2) is 5.01 Å². The smallest absolute Gasteiger partial charge is 0.282 e. The lowest BCUT2D eigenvalue weighted by molar-refractivity contribution is 0.0697. The Morgan fingerprint density at radius 1 is 1.12 bits per heavy atom. The standard InChI is InChI=1S/C21H21ClN4O3S3/c22-16-2-1-15-11-19(30-17(15)12-16)32(28,29)26-9-7-25(8-10-26)21(27)20-24-13-18(31-20)14-3-5-23-6-4-14/h1-3,11-13,23H,4-10H2. The molecular weight excluding hydrogens is 488 g/mol. The van der Waals surface area contributed by atoms with Gasteiger partial charge in [0.05, 0.1) is 4.88 Å². The molecule has 5 rings (SSSR count). The van der Waals surface area contributed by atoms with Crippen LogP contribution < -0.4 is 5.32 Å². The van der Waals surface area contributed by atoms with Crippen molar-refractivity contribution in [1.29, 1.82) is 0 Å². The van der Waals surface area contributed by atoms with Crippen LogP contribution in [0.3, 0.4) is 0 Å². The van der Waals surface area contributed by atoms with Crippen LogP contribution in [-0.4, -0.2) is 67.8 Å². The van der Waals surface area contributed by atoms with Crippen molar-refractivity contribution >= 4 is 65.9 Å². The fourth-order valence-corrected chi connectivity index (χ4v) is 8.07. The second kappa shape index (κ2) is 8.85. The maximum Gasteiger partial charge on any atom is 0.282 e. The summed E-state index contributed by atoms with van der Waals surface area (Å²) in [6, 6.07) is 7.05. The lowest BCUT2D eigenvalue weighted by Gasteiger charge is -2.33. The zero-order valence-electron chi connectivity index (χ0n) is 17.1. The lowest BCUT2D eigenvalue weighted by Crippen LogP contribution is -2.50. The van der Waals surface area contributed by atoms with Crippen LogP contribution in [0.1, 0.15) is 21.1 Å². The predicted molar refractivity (Wildman–Crippen MR) is 129 cm³/mol. The number of nitrogens with zero attached hydrogens (tertiary/aromatic N) is 3. The summed E-state index contributed by atoms with van der Waals surface area (Å²) in [7, 11) is -3.62. The van der Waals surface area contributed by atoms with Gasteiger partial charge >= 0.3 is 0 Å². The minimum Gasteiger partial charge on any atom is -0.334 e. The Morgan fingerprint density at radius 2 is 1.94 bits per heavy atom. The van der Waals surface area contributed by atoms with Gasteiger partial charge in [-0.3, -0.25) is 4.79 Å². The first-order valence-electron chi connectivity index (χ1n) is 10.3. The van der Waals surface area contributed by atoms with Crippen molar-refractivity contribution in [2.24, 2.45) is 0 Å². The summed E-state index contributed by atoms with van der Waals surface area (Å²) < 4.78 is 28.9. The molecule has 1 fully saturated rings. The number of fused-ring (bicyclic) bond motifs is 1.